The van der Waals surface area contributed by atoms with Gasteiger partial charge >= 0.3 is 0 Å². The number of hydrogen-bond donors (Lipinski definition) is 1. The molecule has 6 nitrogen and oxygen atoms in total. The molecule has 3 rings (SSSR count). The standard InChI is InChI=1S/C20H22F2N4O2/c1-13(2)19(27)26-20(8-4-9-23,14-5-3-10-24-12-14)28-18(25-26)16-11-15(21)6-7-17(16)22/h3,5-7,10-13H,4,8-9,23H2,1-2H3. The van der Waals surface area contributed by atoms with Gasteiger partial charge in [-0.2, -0.15) is 5.01 Å². The first kappa shape index (κ1) is 19.9. The Morgan fingerprint density at radius 3 is 2.75 bits per heavy atom. The van der Waals surface area contributed by atoms with E-state index in [1.165, 1.54) is 5.01 Å². The lowest BCUT2D eigenvalue weighted by molar-refractivity contribution is -0.156. The molecule has 0 saturated carbocycles. The number of nitrogens with two attached hydrogens (primary N) is 1. The highest BCUT2D eigenvalue weighted by Gasteiger charge is 2.50. The fraction of sp³-hybridized carbons (Fsp3) is 0.350. The predicted octanol–water partition coefficient (Wildman–Crippen LogP) is 3.13. The molecule has 0 bridgehead atoms. The minimum absolute atomic E-state index is 0.153. The number of nitrogens with zero attached hydrogens (tertiary/aromatic N) is 3. The van der Waals surface area contributed by atoms with Crippen molar-refractivity contribution in [2.45, 2.75) is 32.4 Å². The quantitative estimate of drug-likeness (QED) is 0.824. The van der Waals surface area contributed by atoms with Crippen molar-refractivity contribution in [3.63, 3.8) is 0 Å². The molecule has 2 aromatic rings. The second kappa shape index (κ2) is 8.02. The van der Waals surface area contributed by atoms with Crippen LogP contribution in [0.15, 0.2) is 47.8 Å². The molecule has 1 unspecified atom stereocenters. The van der Waals surface area contributed by atoms with Crippen LogP contribution < -0.4 is 5.73 Å². The fourth-order valence-corrected chi connectivity index (χ4v) is 3.06. The largest absolute Gasteiger partial charge is 0.443 e. The molecule has 2 heterocycles. The van der Waals surface area contributed by atoms with E-state index in [1.807, 2.05) is 0 Å². The molecule has 0 radical (unpaired) electrons. The third-order valence-corrected chi connectivity index (χ3v) is 4.49. The Morgan fingerprint density at radius 2 is 2.11 bits per heavy atom. The lowest BCUT2D eigenvalue weighted by Gasteiger charge is -2.35. The Bertz CT molecular complexity index is 889. The molecule has 28 heavy (non-hydrogen) atoms. The van der Waals surface area contributed by atoms with E-state index in [4.69, 9.17) is 10.5 Å². The number of carbonyl (C=O) groups excluding carboxylic acids is 1. The number of halogens is 2. The molecule has 1 aromatic heterocycles. The Morgan fingerprint density at radius 1 is 1.32 bits per heavy atom. The topological polar surface area (TPSA) is 80.8 Å². The Kier molecular flexibility index (Phi) is 5.69. The highest BCUT2D eigenvalue weighted by atomic mass is 19.1. The van der Waals surface area contributed by atoms with Crippen molar-refractivity contribution in [3.8, 4) is 0 Å². The molecule has 1 amide bonds. The molecule has 2 N–H and O–H groups in total. The average Bonchev–Trinajstić information content (AvgIpc) is 3.08. The lowest BCUT2D eigenvalue weighted by Crippen LogP contribution is -2.47. The summed E-state index contributed by atoms with van der Waals surface area (Å²) in [5.74, 6) is -2.19. The molecule has 1 aromatic carbocycles. The highest BCUT2D eigenvalue weighted by Crippen LogP contribution is 2.41. The van der Waals surface area contributed by atoms with Crippen LogP contribution in [0.2, 0.25) is 0 Å². The first-order valence-electron chi connectivity index (χ1n) is 9.06. The van der Waals surface area contributed by atoms with Crippen LogP contribution in [0.4, 0.5) is 8.78 Å². The van der Waals surface area contributed by atoms with E-state index in [0.717, 1.165) is 18.2 Å². The van der Waals surface area contributed by atoms with Gasteiger partial charge in [0.1, 0.15) is 11.6 Å². The summed E-state index contributed by atoms with van der Waals surface area (Å²) in [7, 11) is 0. The van der Waals surface area contributed by atoms with Crippen molar-refractivity contribution < 1.29 is 18.3 Å². The maximum Gasteiger partial charge on any atom is 0.249 e. The van der Waals surface area contributed by atoms with Gasteiger partial charge in [0.05, 0.1) is 5.56 Å². The third kappa shape index (κ3) is 3.60. The minimum atomic E-state index is -1.33. The van der Waals surface area contributed by atoms with E-state index >= 15 is 0 Å². The normalized spacial score (nSPS) is 18.9. The first-order chi connectivity index (χ1) is 13.4. The second-order valence-electron chi connectivity index (χ2n) is 6.85. The zero-order chi connectivity index (χ0) is 20.3. The summed E-state index contributed by atoms with van der Waals surface area (Å²) < 4.78 is 34.2. The number of benzene rings is 1. The molecule has 148 valence electrons. The van der Waals surface area contributed by atoms with E-state index in [0.29, 0.717) is 24.9 Å². The molecule has 0 saturated heterocycles. The summed E-state index contributed by atoms with van der Waals surface area (Å²) in [5, 5.41) is 5.48. The van der Waals surface area contributed by atoms with Crippen LogP contribution in [0.3, 0.4) is 0 Å². The van der Waals surface area contributed by atoms with Gasteiger partial charge in [0.25, 0.3) is 0 Å². The predicted molar refractivity (Wildman–Crippen MR) is 99.9 cm³/mol. The van der Waals surface area contributed by atoms with E-state index in [9.17, 15) is 13.6 Å². The Hall–Kier alpha value is -2.87. The molecule has 1 aliphatic rings. The van der Waals surface area contributed by atoms with Crippen LogP contribution in [0.25, 0.3) is 0 Å². The zero-order valence-corrected chi connectivity index (χ0v) is 15.7. The van der Waals surface area contributed by atoms with Crippen LogP contribution in [0, 0.1) is 17.6 Å². The van der Waals surface area contributed by atoms with Crippen LogP contribution in [0.1, 0.15) is 37.8 Å². The Labute approximate surface area is 162 Å². The smallest absolute Gasteiger partial charge is 0.249 e. The van der Waals surface area contributed by atoms with Gasteiger partial charge in [0.2, 0.25) is 17.5 Å². The van der Waals surface area contributed by atoms with Crippen molar-refractivity contribution in [2.75, 3.05) is 6.54 Å². The van der Waals surface area contributed by atoms with Gasteiger partial charge in [-0.3, -0.25) is 9.78 Å². The molecule has 0 aliphatic carbocycles. The fourth-order valence-electron chi connectivity index (χ4n) is 3.06. The van der Waals surface area contributed by atoms with Crippen molar-refractivity contribution in [2.24, 2.45) is 16.8 Å². The number of amides is 1. The minimum Gasteiger partial charge on any atom is -0.443 e. The van der Waals surface area contributed by atoms with Crippen molar-refractivity contribution in [1.29, 1.82) is 0 Å². The highest BCUT2D eigenvalue weighted by molar-refractivity contribution is 5.97. The first-order valence-corrected chi connectivity index (χ1v) is 9.06. The summed E-state index contributed by atoms with van der Waals surface area (Å²) in [5.41, 5.74) is 4.79. The summed E-state index contributed by atoms with van der Waals surface area (Å²) in [6, 6.07) is 6.46. The lowest BCUT2D eigenvalue weighted by atomic mass is 9.97. The summed E-state index contributed by atoms with van der Waals surface area (Å²) in [6.45, 7) is 3.82. The number of aromatic nitrogens is 1. The van der Waals surface area contributed by atoms with E-state index in [2.05, 4.69) is 10.1 Å². The van der Waals surface area contributed by atoms with Gasteiger partial charge in [0, 0.05) is 30.3 Å². The van der Waals surface area contributed by atoms with Gasteiger partial charge in [-0.25, -0.2) is 8.78 Å². The summed E-state index contributed by atoms with van der Waals surface area (Å²) >= 11 is 0. The summed E-state index contributed by atoms with van der Waals surface area (Å²) in [4.78, 5) is 17.1. The maximum atomic E-state index is 14.4. The SMILES string of the molecule is CC(C)C(=O)N1N=C(c2cc(F)ccc2F)OC1(CCCN)c1cccnc1. The molecule has 0 fully saturated rings. The summed E-state index contributed by atoms with van der Waals surface area (Å²) in [6.07, 6.45) is 4.00. The van der Waals surface area contributed by atoms with E-state index in [-0.39, 0.29) is 17.4 Å². The monoisotopic (exact) mass is 388 g/mol. The number of rotatable bonds is 6. The van der Waals surface area contributed by atoms with Crippen LogP contribution in [-0.2, 0) is 15.3 Å². The van der Waals surface area contributed by atoms with Crippen LogP contribution in [0.5, 0.6) is 0 Å². The van der Waals surface area contributed by atoms with Gasteiger partial charge in [-0.15, -0.1) is 5.10 Å². The molecule has 0 spiro atoms. The number of ether oxygens (including phenoxy) is 1. The molecular formula is C20H22F2N4O2. The third-order valence-electron chi connectivity index (χ3n) is 4.49. The van der Waals surface area contributed by atoms with Gasteiger partial charge < -0.3 is 10.5 Å². The van der Waals surface area contributed by atoms with Crippen molar-refractivity contribution in [3.05, 3.63) is 65.5 Å². The zero-order valence-electron chi connectivity index (χ0n) is 15.7. The maximum absolute atomic E-state index is 14.4. The molecule has 8 heteroatoms. The van der Waals surface area contributed by atoms with Gasteiger partial charge in [0.15, 0.2) is 0 Å². The van der Waals surface area contributed by atoms with Crippen molar-refractivity contribution in [1.82, 2.24) is 9.99 Å². The molecule has 1 atom stereocenters. The second-order valence-corrected chi connectivity index (χ2v) is 6.85. The van der Waals surface area contributed by atoms with Crippen LogP contribution >= 0.6 is 0 Å². The molecule has 1 aliphatic heterocycles. The number of hydrazone groups is 1. The number of pyridine rings is 1. The number of hydrogen-bond acceptors (Lipinski definition) is 5. The van der Waals surface area contributed by atoms with E-state index in [1.54, 1.807) is 38.4 Å². The number of carbonyl (C=O) groups is 1. The molecular weight excluding hydrogens is 366 g/mol. The average molecular weight is 388 g/mol. The van der Waals surface area contributed by atoms with E-state index < -0.39 is 23.3 Å². The van der Waals surface area contributed by atoms with Crippen LogP contribution in [-0.4, -0.2) is 28.3 Å². The van der Waals surface area contributed by atoms with Crippen molar-refractivity contribution >= 4 is 11.8 Å². The van der Waals surface area contributed by atoms with Gasteiger partial charge in [-0.05, 0) is 43.3 Å². The van der Waals surface area contributed by atoms with Gasteiger partial charge in [-0.1, -0.05) is 13.8 Å². The Balaban J connectivity index is 2.15.